The molecular formula is C19H20O3. The highest BCUT2D eigenvalue weighted by Gasteiger charge is 2.15. The van der Waals surface area contributed by atoms with E-state index in [-0.39, 0.29) is 0 Å². The first-order valence-corrected chi connectivity index (χ1v) is 7.41. The lowest BCUT2D eigenvalue weighted by Crippen LogP contribution is -1.94. The lowest BCUT2D eigenvalue weighted by atomic mass is 9.95. The molecule has 0 spiro atoms. The van der Waals surface area contributed by atoms with E-state index in [2.05, 4.69) is 37.3 Å². The van der Waals surface area contributed by atoms with E-state index in [0.29, 0.717) is 0 Å². The Bertz CT molecular complexity index is 717. The van der Waals surface area contributed by atoms with Crippen LogP contribution in [0.1, 0.15) is 23.6 Å². The number of allylic oxidation sites excluding steroid dienone is 1. The summed E-state index contributed by atoms with van der Waals surface area (Å²) in [6, 6.07) is 12.4. The SMILES string of the molecule is CC=C(c1ccc2c(c1)CCO2)c1ccc(OC)c(OC)c1. The van der Waals surface area contributed by atoms with Crippen LogP contribution in [0.3, 0.4) is 0 Å². The van der Waals surface area contributed by atoms with E-state index in [9.17, 15) is 0 Å². The van der Waals surface area contributed by atoms with Crippen molar-refractivity contribution in [2.24, 2.45) is 0 Å². The number of hydrogen-bond acceptors (Lipinski definition) is 3. The Hall–Kier alpha value is -2.42. The highest BCUT2D eigenvalue weighted by atomic mass is 16.5. The van der Waals surface area contributed by atoms with Crippen LogP contribution in [-0.4, -0.2) is 20.8 Å². The van der Waals surface area contributed by atoms with E-state index in [4.69, 9.17) is 14.2 Å². The van der Waals surface area contributed by atoms with E-state index >= 15 is 0 Å². The van der Waals surface area contributed by atoms with Crippen LogP contribution in [0.15, 0.2) is 42.5 Å². The number of benzene rings is 2. The fourth-order valence-electron chi connectivity index (χ4n) is 2.86. The Morgan fingerprint density at radius 2 is 1.73 bits per heavy atom. The molecule has 0 fully saturated rings. The topological polar surface area (TPSA) is 27.7 Å². The molecule has 0 aliphatic carbocycles. The summed E-state index contributed by atoms with van der Waals surface area (Å²) in [6.07, 6.45) is 3.10. The number of hydrogen-bond donors (Lipinski definition) is 0. The summed E-state index contributed by atoms with van der Waals surface area (Å²) in [7, 11) is 3.30. The molecular weight excluding hydrogens is 276 g/mol. The van der Waals surface area contributed by atoms with Crippen LogP contribution < -0.4 is 14.2 Å². The summed E-state index contributed by atoms with van der Waals surface area (Å²) in [5.41, 5.74) is 4.76. The van der Waals surface area contributed by atoms with Crippen molar-refractivity contribution in [1.82, 2.24) is 0 Å². The smallest absolute Gasteiger partial charge is 0.161 e. The molecule has 3 rings (SSSR count). The van der Waals surface area contributed by atoms with Crippen LogP contribution in [0.2, 0.25) is 0 Å². The maximum Gasteiger partial charge on any atom is 0.161 e. The molecule has 0 saturated carbocycles. The minimum atomic E-state index is 0.740. The standard InChI is InChI=1S/C19H20O3/c1-4-16(13-5-7-17-15(11-13)9-10-22-17)14-6-8-18(20-2)19(12-14)21-3/h4-8,11-12H,9-10H2,1-3H3. The summed E-state index contributed by atoms with van der Waals surface area (Å²) < 4.78 is 16.3. The first-order valence-electron chi connectivity index (χ1n) is 7.41. The maximum absolute atomic E-state index is 5.58. The van der Waals surface area contributed by atoms with Gasteiger partial charge in [-0.2, -0.15) is 0 Å². The molecule has 0 amide bonds. The number of rotatable bonds is 4. The van der Waals surface area contributed by atoms with Gasteiger partial charge >= 0.3 is 0 Å². The van der Waals surface area contributed by atoms with Gasteiger partial charge < -0.3 is 14.2 Å². The van der Waals surface area contributed by atoms with E-state index in [1.54, 1.807) is 14.2 Å². The molecule has 3 heteroatoms. The first-order chi connectivity index (χ1) is 10.8. The Balaban J connectivity index is 2.01. The zero-order valence-electron chi connectivity index (χ0n) is 13.2. The van der Waals surface area contributed by atoms with Crippen molar-refractivity contribution in [3.8, 4) is 17.2 Å². The third kappa shape index (κ3) is 2.54. The summed E-state index contributed by atoms with van der Waals surface area (Å²) >= 11 is 0. The largest absolute Gasteiger partial charge is 0.493 e. The van der Waals surface area contributed by atoms with E-state index in [0.717, 1.165) is 35.8 Å². The predicted octanol–water partition coefficient (Wildman–Crippen LogP) is 4.09. The van der Waals surface area contributed by atoms with Gasteiger partial charge in [0.2, 0.25) is 0 Å². The molecule has 2 aromatic carbocycles. The lowest BCUT2D eigenvalue weighted by molar-refractivity contribution is 0.355. The van der Waals surface area contributed by atoms with Gasteiger partial charge in [0.25, 0.3) is 0 Å². The van der Waals surface area contributed by atoms with Crippen LogP contribution in [0.5, 0.6) is 17.2 Å². The van der Waals surface area contributed by atoms with Crippen LogP contribution >= 0.6 is 0 Å². The van der Waals surface area contributed by atoms with E-state index in [1.165, 1.54) is 16.7 Å². The van der Waals surface area contributed by atoms with Gasteiger partial charge in [-0.25, -0.2) is 0 Å². The monoisotopic (exact) mass is 296 g/mol. The quantitative estimate of drug-likeness (QED) is 0.850. The second-order valence-electron chi connectivity index (χ2n) is 5.19. The van der Waals surface area contributed by atoms with Crippen LogP contribution in [0, 0.1) is 0 Å². The molecule has 114 valence electrons. The lowest BCUT2D eigenvalue weighted by Gasteiger charge is -2.13. The second-order valence-corrected chi connectivity index (χ2v) is 5.19. The zero-order chi connectivity index (χ0) is 15.5. The summed E-state index contributed by atoms with van der Waals surface area (Å²) in [5, 5.41) is 0. The van der Waals surface area contributed by atoms with Crippen molar-refractivity contribution in [3.63, 3.8) is 0 Å². The average Bonchev–Trinajstić information content (AvgIpc) is 3.03. The number of fused-ring (bicyclic) bond motifs is 1. The Labute approximate surface area is 131 Å². The van der Waals surface area contributed by atoms with Crippen molar-refractivity contribution >= 4 is 5.57 Å². The zero-order valence-corrected chi connectivity index (χ0v) is 13.2. The predicted molar refractivity (Wildman–Crippen MR) is 87.9 cm³/mol. The fraction of sp³-hybridized carbons (Fsp3) is 0.263. The molecule has 2 aromatic rings. The molecule has 0 aromatic heterocycles. The molecule has 0 saturated heterocycles. The summed E-state index contributed by atoms with van der Waals surface area (Å²) in [4.78, 5) is 0. The molecule has 0 bridgehead atoms. The van der Waals surface area contributed by atoms with E-state index in [1.807, 2.05) is 12.1 Å². The molecule has 3 nitrogen and oxygen atoms in total. The Kier molecular flexibility index (Phi) is 4.05. The molecule has 0 atom stereocenters. The Morgan fingerprint density at radius 3 is 2.45 bits per heavy atom. The first kappa shape index (κ1) is 14.5. The van der Waals surface area contributed by atoms with Gasteiger partial charge in [-0.15, -0.1) is 0 Å². The summed E-state index contributed by atoms with van der Waals surface area (Å²) in [5.74, 6) is 2.49. The van der Waals surface area contributed by atoms with Gasteiger partial charge in [0, 0.05) is 6.42 Å². The molecule has 1 heterocycles. The highest BCUT2D eigenvalue weighted by molar-refractivity contribution is 5.81. The highest BCUT2D eigenvalue weighted by Crippen LogP contribution is 2.35. The second kappa shape index (κ2) is 6.14. The van der Waals surface area contributed by atoms with E-state index < -0.39 is 0 Å². The molecule has 0 radical (unpaired) electrons. The molecule has 0 N–H and O–H groups in total. The normalized spacial score (nSPS) is 13.5. The fourth-order valence-corrected chi connectivity index (χ4v) is 2.86. The van der Waals surface area contributed by atoms with Crippen LogP contribution in [0.25, 0.3) is 5.57 Å². The minimum absolute atomic E-state index is 0.740. The van der Waals surface area contributed by atoms with Gasteiger partial charge in [-0.05, 0) is 53.5 Å². The number of ether oxygens (including phenoxy) is 3. The molecule has 1 aliphatic rings. The van der Waals surface area contributed by atoms with Crippen LogP contribution in [0.4, 0.5) is 0 Å². The van der Waals surface area contributed by atoms with Crippen molar-refractivity contribution < 1.29 is 14.2 Å². The molecule has 22 heavy (non-hydrogen) atoms. The Morgan fingerprint density at radius 1 is 1.00 bits per heavy atom. The van der Waals surface area contributed by atoms with Crippen LogP contribution in [-0.2, 0) is 6.42 Å². The number of methoxy groups -OCH3 is 2. The molecule has 0 unspecified atom stereocenters. The van der Waals surface area contributed by atoms with Crippen molar-refractivity contribution in [3.05, 3.63) is 59.2 Å². The van der Waals surface area contributed by atoms with Gasteiger partial charge in [-0.3, -0.25) is 0 Å². The van der Waals surface area contributed by atoms with Gasteiger partial charge in [0.15, 0.2) is 11.5 Å². The maximum atomic E-state index is 5.58. The van der Waals surface area contributed by atoms with Crippen molar-refractivity contribution in [1.29, 1.82) is 0 Å². The summed E-state index contributed by atoms with van der Waals surface area (Å²) in [6.45, 7) is 2.83. The van der Waals surface area contributed by atoms with Crippen molar-refractivity contribution in [2.45, 2.75) is 13.3 Å². The van der Waals surface area contributed by atoms with Gasteiger partial charge in [-0.1, -0.05) is 18.2 Å². The third-order valence-corrected chi connectivity index (χ3v) is 3.98. The van der Waals surface area contributed by atoms with Gasteiger partial charge in [0.05, 0.1) is 20.8 Å². The van der Waals surface area contributed by atoms with Gasteiger partial charge in [0.1, 0.15) is 5.75 Å². The minimum Gasteiger partial charge on any atom is -0.493 e. The molecule has 1 aliphatic heterocycles. The average molecular weight is 296 g/mol. The van der Waals surface area contributed by atoms with Crippen molar-refractivity contribution in [2.75, 3.05) is 20.8 Å². The third-order valence-electron chi connectivity index (χ3n) is 3.98.